The maximum absolute atomic E-state index is 14.2. The van der Waals surface area contributed by atoms with E-state index in [4.69, 9.17) is 14.2 Å². The Morgan fingerprint density at radius 3 is 2.50 bits per heavy atom. The van der Waals surface area contributed by atoms with Gasteiger partial charge in [0.15, 0.2) is 11.6 Å². The summed E-state index contributed by atoms with van der Waals surface area (Å²) in [6.45, 7) is -0.155. The van der Waals surface area contributed by atoms with Crippen molar-refractivity contribution in [1.82, 2.24) is 5.32 Å². The zero-order chi connectivity index (χ0) is 22.0. The molecular weight excluding hydrogens is 411 g/mol. The van der Waals surface area contributed by atoms with Gasteiger partial charge < -0.3 is 34.8 Å². The molecule has 1 heterocycles. The molecule has 1 aromatic rings. The third-order valence-corrected chi connectivity index (χ3v) is 5.02. The molecule has 2 aliphatic rings. The first-order valence-corrected chi connectivity index (χ1v) is 9.19. The van der Waals surface area contributed by atoms with E-state index in [0.717, 1.165) is 18.2 Å². The number of amides is 1. The van der Waals surface area contributed by atoms with Crippen LogP contribution < -0.4 is 10.1 Å². The van der Waals surface area contributed by atoms with Gasteiger partial charge >= 0.3 is 0 Å². The first kappa shape index (κ1) is 22.5. The van der Waals surface area contributed by atoms with Gasteiger partial charge in [-0.15, -0.1) is 0 Å². The number of hydrogen-bond acceptors (Lipinski definition) is 7. The summed E-state index contributed by atoms with van der Waals surface area (Å²) in [5, 5.41) is 33.1. The van der Waals surface area contributed by atoms with Crippen LogP contribution in [0.25, 0.3) is 6.08 Å². The van der Waals surface area contributed by atoms with E-state index in [1.807, 2.05) is 0 Å². The van der Waals surface area contributed by atoms with Gasteiger partial charge in [-0.25, -0.2) is 13.2 Å². The summed E-state index contributed by atoms with van der Waals surface area (Å²) in [7, 11) is 0. The van der Waals surface area contributed by atoms with Crippen molar-refractivity contribution in [2.24, 2.45) is 0 Å². The van der Waals surface area contributed by atoms with Crippen LogP contribution in [0.2, 0.25) is 0 Å². The van der Waals surface area contributed by atoms with Crippen molar-refractivity contribution < 1.29 is 47.5 Å². The smallest absolute Gasteiger partial charge is 0.247 e. The summed E-state index contributed by atoms with van der Waals surface area (Å²) < 4.78 is 55.4. The maximum Gasteiger partial charge on any atom is 0.247 e. The molecule has 1 saturated heterocycles. The molecule has 2 fully saturated rings. The van der Waals surface area contributed by atoms with E-state index in [-0.39, 0.29) is 17.9 Å². The van der Waals surface area contributed by atoms with Gasteiger partial charge in [0, 0.05) is 17.2 Å². The number of carbonyl (C=O) groups is 1. The minimum atomic E-state index is -1.54. The van der Waals surface area contributed by atoms with Crippen LogP contribution in [-0.4, -0.2) is 77.9 Å². The fourth-order valence-corrected chi connectivity index (χ4v) is 3.43. The largest absolute Gasteiger partial charge is 0.488 e. The highest BCUT2D eigenvalue weighted by molar-refractivity contribution is 5.97. The number of aliphatic hydroxyl groups is 3. The van der Waals surface area contributed by atoms with Crippen molar-refractivity contribution in [3.63, 3.8) is 0 Å². The van der Waals surface area contributed by atoms with Gasteiger partial charge in [-0.1, -0.05) is 0 Å². The quantitative estimate of drug-likeness (QED) is 0.468. The summed E-state index contributed by atoms with van der Waals surface area (Å²) in [4.78, 5) is 12.5. The predicted molar refractivity (Wildman–Crippen MR) is 96.0 cm³/mol. The molecule has 11 heteroatoms. The lowest BCUT2D eigenvalue weighted by Gasteiger charge is -2.41. The molecule has 0 aromatic heterocycles. The summed E-state index contributed by atoms with van der Waals surface area (Å²) in [6, 6.07) is 0.254. The number of aliphatic hydroxyl groups excluding tert-OH is 3. The highest BCUT2D eigenvalue weighted by atomic mass is 19.1. The van der Waals surface area contributed by atoms with Crippen molar-refractivity contribution in [2.75, 3.05) is 20.1 Å². The average molecular weight is 433 g/mol. The summed E-state index contributed by atoms with van der Waals surface area (Å²) >= 11 is 0. The van der Waals surface area contributed by atoms with Crippen molar-refractivity contribution in [2.45, 2.75) is 43.5 Å². The Morgan fingerprint density at radius 1 is 1.17 bits per heavy atom. The first-order valence-electron chi connectivity index (χ1n) is 9.19. The van der Waals surface area contributed by atoms with Gasteiger partial charge in [-0.05, 0) is 19.1 Å². The molecule has 1 aliphatic heterocycles. The second-order valence-corrected chi connectivity index (χ2v) is 7.02. The van der Waals surface area contributed by atoms with Gasteiger partial charge in [-0.3, -0.25) is 4.79 Å². The molecule has 0 bridgehead atoms. The van der Waals surface area contributed by atoms with E-state index in [9.17, 15) is 33.3 Å². The van der Waals surface area contributed by atoms with Crippen LogP contribution in [-0.2, 0) is 14.3 Å². The molecule has 0 unspecified atom stereocenters. The molecule has 6 atom stereocenters. The highest BCUT2D eigenvalue weighted by Gasteiger charge is 2.53. The van der Waals surface area contributed by atoms with E-state index in [1.165, 1.54) is 6.92 Å². The van der Waals surface area contributed by atoms with E-state index >= 15 is 0 Å². The number of carbonyl (C=O) groups excluding carboxylic acids is 1. The molecule has 8 nitrogen and oxygen atoms in total. The Hall–Kier alpha value is -2.18. The second-order valence-electron chi connectivity index (χ2n) is 7.02. The molecule has 1 amide bonds. The minimum Gasteiger partial charge on any atom is -0.488 e. The van der Waals surface area contributed by atoms with Gasteiger partial charge in [-0.2, -0.15) is 0 Å². The van der Waals surface area contributed by atoms with Crippen molar-refractivity contribution in [3.8, 4) is 5.75 Å². The fourth-order valence-electron chi connectivity index (χ4n) is 3.43. The number of hydrogen-bond donors (Lipinski definition) is 4. The van der Waals surface area contributed by atoms with E-state index < -0.39 is 73.1 Å². The van der Waals surface area contributed by atoms with Crippen molar-refractivity contribution in [1.29, 1.82) is 0 Å². The second kappa shape index (κ2) is 9.31. The number of nitrogens with one attached hydrogen (secondary N) is 1. The summed E-state index contributed by atoms with van der Waals surface area (Å²) in [5.41, 5.74) is -0.324. The zero-order valence-corrected chi connectivity index (χ0v) is 15.9. The topological polar surface area (TPSA) is 117 Å². The van der Waals surface area contributed by atoms with E-state index in [2.05, 4.69) is 5.32 Å². The molecule has 30 heavy (non-hydrogen) atoms. The Kier molecular flexibility index (Phi) is 6.98. The zero-order valence-electron chi connectivity index (χ0n) is 15.9. The lowest BCUT2D eigenvalue weighted by molar-refractivity contribution is -0.155. The van der Waals surface area contributed by atoms with Crippen molar-refractivity contribution >= 4 is 12.0 Å². The van der Waals surface area contributed by atoms with Crippen LogP contribution in [0.5, 0.6) is 5.75 Å². The molecular formula is C19H22F3NO7. The number of rotatable bonds is 6. The maximum atomic E-state index is 14.2. The number of fused-ring (bicyclic) bond motifs is 1. The Balaban J connectivity index is 1.74. The van der Waals surface area contributed by atoms with Gasteiger partial charge in [0.1, 0.15) is 56.4 Å². The van der Waals surface area contributed by atoms with E-state index in [1.54, 1.807) is 0 Å². The van der Waals surface area contributed by atoms with E-state index in [0.29, 0.717) is 0 Å². The number of alkyl halides is 1. The van der Waals surface area contributed by atoms with Crippen LogP contribution in [0.3, 0.4) is 0 Å². The predicted octanol–water partition coefficient (Wildman–Crippen LogP) is 0.0390. The standard InChI is InChI=1S/C19H22F3NO7/c1-8(4-9-5-11(22)12(6-10(9)21)28-3-2-20)19(27)23-13-14(24)16(26)18-17(15(13)25)29-7-30-18/h4-6,13-18,24-26H,2-3,7H2,1H3,(H,23,27)/b8-4+/t13-,14+,15-,16-,17+,18-/m1/s1. The minimum absolute atomic E-state index is 0.0645. The van der Waals surface area contributed by atoms with Crippen LogP contribution in [0.15, 0.2) is 17.7 Å². The average Bonchev–Trinajstić information content (AvgIpc) is 3.21. The van der Waals surface area contributed by atoms with Gasteiger partial charge in [0.2, 0.25) is 5.91 Å². The lowest BCUT2D eigenvalue weighted by atomic mass is 9.83. The molecule has 1 saturated carbocycles. The number of benzene rings is 1. The molecule has 4 N–H and O–H groups in total. The molecule has 3 rings (SSSR count). The summed E-state index contributed by atoms with van der Waals surface area (Å²) in [5.74, 6) is -3.08. The third-order valence-electron chi connectivity index (χ3n) is 5.02. The Bertz CT molecular complexity index is 822. The number of halogens is 3. The van der Waals surface area contributed by atoms with Crippen LogP contribution in [0, 0.1) is 11.6 Å². The number of ether oxygens (including phenoxy) is 3. The van der Waals surface area contributed by atoms with Gasteiger partial charge in [0.05, 0.1) is 6.04 Å². The molecule has 0 spiro atoms. The Morgan fingerprint density at radius 2 is 1.83 bits per heavy atom. The monoisotopic (exact) mass is 433 g/mol. The normalized spacial score (nSPS) is 31.4. The summed E-state index contributed by atoms with van der Waals surface area (Å²) in [6.07, 6.45) is -5.13. The highest BCUT2D eigenvalue weighted by Crippen LogP contribution is 2.30. The lowest BCUT2D eigenvalue weighted by Crippen LogP contribution is -2.67. The fraction of sp³-hybridized carbons (Fsp3) is 0.526. The molecule has 1 aliphatic carbocycles. The van der Waals surface area contributed by atoms with Crippen LogP contribution in [0.1, 0.15) is 12.5 Å². The van der Waals surface area contributed by atoms with Crippen LogP contribution in [0.4, 0.5) is 13.2 Å². The van der Waals surface area contributed by atoms with Gasteiger partial charge in [0.25, 0.3) is 0 Å². The van der Waals surface area contributed by atoms with Crippen LogP contribution >= 0.6 is 0 Å². The molecule has 0 radical (unpaired) electrons. The third kappa shape index (κ3) is 4.44. The SMILES string of the molecule is C/C(=C\c1cc(F)c(OCCF)cc1F)C(=O)N[C@@H]1[C@H](O)[C@@H](O)[C@H]2OCO[C@H]2[C@@H]1O. The molecule has 166 valence electrons. The Labute approximate surface area is 169 Å². The van der Waals surface area contributed by atoms with Crippen molar-refractivity contribution in [3.05, 3.63) is 34.9 Å². The molecule has 1 aromatic carbocycles. The first-order chi connectivity index (χ1) is 14.2.